The highest BCUT2D eigenvalue weighted by atomic mass is 19.2. The van der Waals surface area contributed by atoms with E-state index in [1.54, 1.807) is 6.07 Å². The first-order valence-corrected chi connectivity index (χ1v) is 5.12. The molecule has 1 unspecified atom stereocenters. The summed E-state index contributed by atoms with van der Waals surface area (Å²) >= 11 is 0. The number of aromatic nitrogens is 1. The van der Waals surface area contributed by atoms with Gasteiger partial charge in [-0.2, -0.15) is 0 Å². The van der Waals surface area contributed by atoms with Gasteiger partial charge in [0.15, 0.2) is 11.6 Å². The van der Waals surface area contributed by atoms with E-state index in [4.69, 9.17) is 0 Å². The fraction of sp³-hybridized carbons (Fsp3) is 0.333. The monoisotopic (exact) mass is 207 g/mol. The smallest absolute Gasteiger partial charge is 0.168 e. The van der Waals surface area contributed by atoms with Gasteiger partial charge in [0.05, 0.1) is 5.52 Å². The third-order valence-corrected chi connectivity index (χ3v) is 3.09. The minimum Gasteiger partial charge on any atom is -0.347 e. The molecule has 1 nitrogen and oxygen atoms in total. The van der Waals surface area contributed by atoms with Crippen molar-refractivity contribution in [3.8, 4) is 0 Å². The van der Waals surface area contributed by atoms with Crippen molar-refractivity contribution in [3.05, 3.63) is 35.5 Å². The zero-order chi connectivity index (χ0) is 10.6. The Labute approximate surface area is 86.3 Å². The molecule has 0 spiro atoms. The van der Waals surface area contributed by atoms with Crippen LogP contribution in [0, 0.1) is 17.6 Å². The Bertz CT molecular complexity index is 542. The minimum absolute atomic E-state index is 0.414. The van der Waals surface area contributed by atoms with Crippen molar-refractivity contribution in [3.63, 3.8) is 0 Å². The summed E-state index contributed by atoms with van der Waals surface area (Å²) in [6, 6.07) is 3.00. The molecule has 0 amide bonds. The standard InChI is InChI=1S/C12H11F2N/c1-7-4-8-5-10(13)11(14)9-2-3-15(6-7)12(8)9/h2-3,5,7H,4,6H2,1H3. The first kappa shape index (κ1) is 8.89. The average molecular weight is 207 g/mol. The highest BCUT2D eigenvalue weighted by molar-refractivity contribution is 5.84. The predicted octanol–water partition coefficient (Wildman–Crippen LogP) is 3.11. The third kappa shape index (κ3) is 1.12. The van der Waals surface area contributed by atoms with Crippen LogP contribution < -0.4 is 0 Å². The first-order valence-electron chi connectivity index (χ1n) is 5.12. The summed E-state index contributed by atoms with van der Waals surface area (Å²) < 4.78 is 28.7. The second-order valence-electron chi connectivity index (χ2n) is 4.37. The molecule has 1 aliphatic rings. The summed E-state index contributed by atoms with van der Waals surface area (Å²) in [5, 5.41) is 0.414. The van der Waals surface area contributed by atoms with Crippen LogP contribution >= 0.6 is 0 Å². The van der Waals surface area contributed by atoms with Crippen molar-refractivity contribution >= 4 is 10.9 Å². The molecule has 0 radical (unpaired) electrons. The zero-order valence-electron chi connectivity index (χ0n) is 8.43. The van der Waals surface area contributed by atoms with Crippen LogP contribution in [0.1, 0.15) is 12.5 Å². The fourth-order valence-corrected chi connectivity index (χ4v) is 2.50. The zero-order valence-corrected chi connectivity index (χ0v) is 8.43. The Hall–Kier alpha value is -1.38. The molecule has 2 heterocycles. The van der Waals surface area contributed by atoms with Crippen LogP contribution in [0.3, 0.4) is 0 Å². The Morgan fingerprint density at radius 1 is 1.40 bits per heavy atom. The van der Waals surface area contributed by atoms with Gasteiger partial charge in [-0.05, 0) is 30.0 Å². The molecule has 1 aliphatic heterocycles. The van der Waals surface area contributed by atoms with E-state index in [9.17, 15) is 8.78 Å². The van der Waals surface area contributed by atoms with Crippen LogP contribution in [-0.4, -0.2) is 4.57 Å². The van der Waals surface area contributed by atoms with Gasteiger partial charge in [-0.25, -0.2) is 8.78 Å². The number of benzene rings is 1. The molecule has 3 heteroatoms. The van der Waals surface area contributed by atoms with Crippen LogP contribution in [-0.2, 0) is 13.0 Å². The molecule has 15 heavy (non-hydrogen) atoms. The molecule has 1 atom stereocenters. The summed E-state index contributed by atoms with van der Waals surface area (Å²) in [5.41, 5.74) is 1.79. The van der Waals surface area contributed by atoms with E-state index in [2.05, 4.69) is 6.92 Å². The van der Waals surface area contributed by atoms with Crippen LogP contribution in [0.25, 0.3) is 10.9 Å². The normalized spacial score (nSPS) is 19.8. The SMILES string of the molecule is CC1Cc2cc(F)c(F)c3ccn(c23)C1. The summed E-state index contributed by atoms with van der Waals surface area (Å²) in [5.74, 6) is -0.968. The van der Waals surface area contributed by atoms with Gasteiger partial charge in [-0.3, -0.25) is 0 Å². The van der Waals surface area contributed by atoms with Gasteiger partial charge >= 0.3 is 0 Å². The predicted molar refractivity (Wildman–Crippen MR) is 54.7 cm³/mol. The van der Waals surface area contributed by atoms with Crippen molar-refractivity contribution in [2.24, 2.45) is 5.92 Å². The van der Waals surface area contributed by atoms with E-state index in [0.29, 0.717) is 11.3 Å². The molecule has 2 aromatic rings. The Morgan fingerprint density at radius 2 is 2.20 bits per heavy atom. The Balaban J connectivity index is 2.41. The summed E-state index contributed by atoms with van der Waals surface area (Å²) in [4.78, 5) is 0. The molecule has 0 saturated heterocycles. The van der Waals surface area contributed by atoms with Gasteiger partial charge < -0.3 is 4.57 Å². The van der Waals surface area contributed by atoms with Gasteiger partial charge in [0.25, 0.3) is 0 Å². The summed E-state index contributed by atoms with van der Waals surface area (Å²) in [7, 11) is 0. The van der Waals surface area contributed by atoms with Gasteiger partial charge in [-0.15, -0.1) is 0 Å². The van der Waals surface area contributed by atoms with E-state index >= 15 is 0 Å². The van der Waals surface area contributed by atoms with E-state index in [1.165, 1.54) is 6.07 Å². The topological polar surface area (TPSA) is 4.93 Å². The number of halogens is 2. The lowest BCUT2D eigenvalue weighted by molar-refractivity contribution is 0.464. The van der Waals surface area contributed by atoms with Crippen molar-refractivity contribution in [1.29, 1.82) is 0 Å². The number of rotatable bonds is 0. The maximum atomic E-state index is 13.5. The van der Waals surface area contributed by atoms with Crippen LogP contribution in [0.4, 0.5) is 8.78 Å². The van der Waals surface area contributed by atoms with Crippen LogP contribution in [0.15, 0.2) is 18.3 Å². The van der Waals surface area contributed by atoms with E-state index in [-0.39, 0.29) is 0 Å². The average Bonchev–Trinajstić information content (AvgIpc) is 2.58. The molecule has 0 N–H and O–H groups in total. The van der Waals surface area contributed by atoms with Gasteiger partial charge in [0.2, 0.25) is 0 Å². The number of hydrogen-bond donors (Lipinski definition) is 0. The molecule has 0 saturated carbocycles. The molecule has 0 bridgehead atoms. The van der Waals surface area contributed by atoms with Gasteiger partial charge in [0, 0.05) is 18.1 Å². The number of hydrogen-bond acceptors (Lipinski definition) is 0. The molecule has 0 fully saturated rings. The van der Waals surface area contributed by atoms with Crippen molar-refractivity contribution in [2.75, 3.05) is 0 Å². The molecule has 1 aromatic carbocycles. The van der Waals surface area contributed by atoms with Crippen LogP contribution in [0.5, 0.6) is 0 Å². The lowest BCUT2D eigenvalue weighted by atomic mass is 9.96. The Kier molecular flexibility index (Phi) is 1.67. The lowest BCUT2D eigenvalue weighted by Crippen LogP contribution is -2.16. The largest absolute Gasteiger partial charge is 0.347 e. The lowest BCUT2D eigenvalue weighted by Gasteiger charge is -2.21. The Morgan fingerprint density at radius 3 is 3.00 bits per heavy atom. The first-order chi connectivity index (χ1) is 7.16. The highest BCUT2D eigenvalue weighted by Crippen LogP contribution is 2.31. The van der Waals surface area contributed by atoms with E-state index < -0.39 is 11.6 Å². The molecular formula is C12H11F2N. The molecule has 1 aromatic heterocycles. The summed E-state index contributed by atoms with van der Waals surface area (Å²) in [6.45, 7) is 3.01. The van der Waals surface area contributed by atoms with Crippen molar-refractivity contribution in [2.45, 2.75) is 19.9 Å². The van der Waals surface area contributed by atoms with E-state index in [0.717, 1.165) is 24.0 Å². The van der Waals surface area contributed by atoms with Crippen molar-refractivity contribution in [1.82, 2.24) is 4.57 Å². The second-order valence-corrected chi connectivity index (χ2v) is 4.37. The minimum atomic E-state index is -0.732. The van der Waals surface area contributed by atoms with E-state index in [1.807, 2.05) is 10.8 Å². The maximum Gasteiger partial charge on any atom is 0.168 e. The fourth-order valence-electron chi connectivity index (χ4n) is 2.50. The maximum absolute atomic E-state index is 13.5. The third-order valence-electron chi connectivity index (χ3n) is 3.09. The van der Waals surface area contributed by atoms with Gasteiger partial charge in [0.1, 0.15) is 0 Å². The molecular weight excluding hydrogens is 196 g/mol. The quantitative estimate of drug-likeness (QED) is 0.625. The highest BCUT2D eigenvalue weighted by Gasteiger charge is 2.21. The summed E-state index contributed by atoms with van der Waals surface area (Å²) in [6.07, 6.45) is 2.67. The number of nitrogens with zero attached hydrogens (tertiary/aromatic N) is 1. The van der Waals surface area contributed by atoms with Gasteiger partial charge in [-0.1, -0.05) is 6.92 Å². The molecule has 3 rings (SSSR count). The second kappa shape index (κ2) is 2.81. The molecule has 0 aliphatic carbocycles. The van der Waals surface area contributed by atoms with Crippen molar-refractivity contribution < 1.29 is 8.78 Å². The van der Waals surface area contributed by atoms with Crippen LogP contribution in [0.2, 0.25) is 0 Å². The molecule has 78 valence electrons.